The van der Waals surface area contributed by atoms with Crippen LogP contribution in [-0.2, 0) is 16.1 Å². The first kappa shape index (κ1) is 26.7. The molecule has 2 atom stereocenters. The number of halogens is 3. The van der Waals surface area contributed by atoms with Crippen LogP contribution in [0.3, 0.4) is 0 Å². The Balaban J connectivity index is 1.27. The molecule has 0 spiro atoms. The third-order valence-electron chi connectivity index (χ3n) is 7.88. The van der Waals surface area contributed by atoms with Gasteiger partial charge in [-0.3, -0.25) is 9.69 Å². The van der Waals surface area contributed by atoms with E-state index in [0.29, 0.717) is 47.8 Å². The van der Waals surface area contributed by atoms with Gasteiger partial charge in [-0.25, -0.2) is 18.2 Å². The van der Waals surface area contributed by atoms with Gasteiger partial charge in [-0.15, -0.1) is 0 Å². The second-order valence-electron chi connectivity index (χ2n) is 11.1. The van der Waals surface area contributed by atoms with Crippen LogP contribution >= 0.6 is 0 Å². The third-order valence-corrected chi connectivity index (χ3v) is 7.88. The Bertz CT molecular complexity index is 1180. The van der Waals surface area contributed by atoms with Crippen LogP contribution in [0, 0.1) is 36.2 Å². The molecule has 206 valence electrons. The van der Waals surface area contributed by atoms with Gasteiger partial charge in [0.05, 0.1) is 12.3 Å². The minimum atomic E-state index is -1.44. The summed E-state index contributed by atoms with van der Waals surface area (Å²) in [5, 5.41) is 6.39. The van der Waals surface area contributed by atoms with E-state index in [0.717, 1.165) is 44.5 Å². The number of rotatable bonds is 8. The minimum absolute atomic E-state index is 0.0575. The van der Waals surface area contributed by atoms with Gasteiger partial charge in [0, 0.05) is 38.8 Å². The first-order valence-electron chi connectivity index (χ1n) is 13.2. The van der Waals surface area contributed by atoms with E-state index in [-0.39, 0.29) is 30.0 Å². The van der Waals surface area contributed by atoms with E-state index in [9.17, 15) is 18.0 Å². The Hall–Kier alpha value is -2.92. The fourth-order valence-corrected chi connectivity index (χ4v) is 5.80. The average Bonchev–Trinajstić information content (AvgIpc) is 3.33. The second kappa shape index (κ2) is 10.7. The van der Waals surface area contributed by atoms with Gasteiger partial charge in [0.2, 0.25) is 11.9 Å². The van der Waals surface area contributed by atoms with Crippen molar-refractivity contribution in [3.8, 4) is 0 Å². The van der Waals surface area contributed by atoms with E-state index >= 15 is 0 Å². The van der Waals surface area contributed by atoms with Gasteiger partial charge >= 0.3 is 0 Å². The van der Waals surface area contributed by atoms with Gasteiger partial charge < -0.3 is 20.3 Å². The molecule has 2 aliphatic heterocycles. The van der Waals surface area contributed by atoms with Crippen LogP contribution < -0.4 is 15.5 Å². The average molecular weight is 533 g/mol. The van der Waals surface area contributed by atoms with Crippen molar-refractivity contribution in [2.75, 3.05) is 42.3 Å². The number of hydrogen-bond acceptors (Lipinski definition) is 7. The molecule has 38 heavy (non-hydrogen) atoms. The fourth-order valence-electron chi connectivity index (χ4n) is 5.80. The molecule has 3 heterocycles. The predicted octanol–water partition coefficient (Wildman–Crippen LogP) is 4.10. The molecule has 1 saturated carbocycles. The number of benzene rings is 1. The Kier molecular flexibility index (Phi) is 7.50. The molecule has 8 nitrogen and oxygen atoms in total. The van der Waals surface area contributed by atoms with E-state index in [2.05, 4.69) is 20.5 Å². The van der Waals surface area contributed by atoms with Crippen LogP contribution in [-0.4, -0.2) is 65.7 Å². The zero-order chi connectivity index (χ0) is 27.1. The molecular weight excluding hydrogens is 497 g/mol. The molecule has 1 aliphatic carbocycles. The molecule has 3 aliphatic rings. The monoisotopic (exact) mass is 532 g/mol. The maximum absolute atomic E-state index is 13.9. The summed E-state index contributed by atoms with van der Waals surface area (Å²) in [6, 6.07) is 2.16. The summed E-state index contributed by atoms with van der Waals surface area (Å²) in [5.41, 5.74) is 1.74. The number of fused-ring (bicyclic) bond motifs is 1. The highest BCUT2D eigenvalue weighted by Gasteiger charge is 2.38. The lowest BCUT2D eigenvalue weighted by Crippen LogP contribution is -2.51. The summed E-state index contributed by atoms with van der Waals surface area (Å²) in [7, 11) is 1.88. The Labute approximate surface area is 221 Å². The van der Waals surface area contributed by atoms with Gasteiger partial charge in [0.15, 0.2) is 23.3 Å². The quantitative estimate of drug-likeness (QED) is 0.496. The lowest BCUT2D eigenvalue weighted by atomic mass is 9.84. The number of likely N-dealkylation sites (N-methyl/N-ethyl adjacent to an activating group) is 1. The highest BCUT2D eigenvalue weighted by Crippen LogP contribution is 2.36. The summed E-state index contributed by atoms with van der Waals surface area (Å²) in [5.74, 6) is -2.17. The van der Waals surface area contributed by atoms with Crippen LogP contribution in [0.15, 0.2) is 12.1 Å². The Morgan fingerprint density at radius 3 is 2.55 bits per heavy atom. The van der Waals surface area contributed by atoms with Crippen LogP contribution in [0.4, 0.5) is 30.6 Å². The summed E-state index contributed by atoms with van der Waals surface area (Å²) in [6.07, 6.45) is 2.56. The van der Waals surface area contributed by atoms with Crippen molar-refractivity contribution in [3.63, 3.8) is 0 Å². The zero-order valence-electron chi connectivity index (χ0n) is 22.2. The number of anilines is 3. The number of nitrogens with one attached hydrogen (secondary N) is 2. The van der Waals surface area contributed by atoms with Crippen LogP contribution in [0.25, 0.3) is 0 Å². The Morgan fingerprint density at radius 2 is 1.92 bits per heavy atom. The van der Waals surface area contributed by atoms with E-state index in [1.54, 1.807) is 0 Å². The molecule has 2 N–H and O–H groups in total. The van der Waals surface area contributed by atoms with E-state index < -0.39 is 17.5 Å². The summed E-state index contributed by atoms with van der Waals surface area (Å²) >= 11 is 0. The van der Waals surface area contributed by atoms with E-state index in [4.69, 9.17) is 9.72 Å². The largest absolute Gasteiger partial charge is 0.381 e. The van der Waals surface area contributed by atoms with Gasteiger partial charge in [-0.1, -0.05) is 13.8 Å². The molecule has 1 aromatic carbocycles. The smallest absolute Gasteiger partial charge is 0.247 e. The molecule has 2 aromatic rings. The van der Waals surface area contributed by atoms with Gasteiger partial charge in [0.25, 0.3) is 0 Å². The fraction of sp³-hybridized carbons (Fsp3) is 0.593. The SMILES string of the molecule is Cc1nc(N[C@H]2C[C@H](N(Cc3cc(F)c(F)c(F)c3)CC3CCOC3)C2)nc2c1NC(=O)C(C(C)C)N2C. The number of carbonyl (C=O) groups is 1. The predicted molar refractivity (Wildman–Crippen MR) is 139 cm³/mol. The normalized spacial score (nSPS) is 25.0. The van der Waals surface area contributed by atoms with Crippen LogP contribution in [0.5, 0.6) is 0 Å². The number of amides is 1. The Morgan fingerprint density at radius 1 is 1.21 bits per heavy atom. The van der Waals surface area contributed by atoms with Crippen molar-refractivity contribution in [1.82, 2.24) is 14.9 Å². The molecule has 2 unspecified atom stereocenters. The molecule has 2 fully saturated rings. The highest BCUT2D eigenvalue weighted by atomic mass is 19.2. The minimum Gasteiger partial charge on any atom is -0.381 e. The topological polar surface area (TPSA) is 82.6 Å². The lowest BCUT2D eigenvalue weighted by Gasteiger charge is -2.44. The zero-order valence-corrected chi connectivity index (χ0v) is 22.2. The first-order chi connectivity index (χ1) is 18.1. The number of ether oxygens (including phenoxy) is 1. The van der Waals surface area contributed by atoms with E-state index in [1.165, 1.54) is 0 Å². The summed E-state index contributed by atoms with van der Waals surface area (Å²) < 4.78 is 46.7. The van der Waals surface area contributed by atoms with Gasteiger partial charge in [-0.05, 0) is 55.7 Å². The maximum atomic E-state index is 13.9. The van der Waals surface area contributed by atoms with Gasteiger partial charge in [-0.2, -0.15) is 4.98 Å². The molecule has 11 heteroatoms. The lowest BCUT2D eigenvalue weighted by molar-refractivity contribution is -0.118. The molecule has 1 aromatic heterocycles. The first-order valence-corrected chi connectivity index (χ1v) is 13.2. The number of carbonyl (C=O) groups excluding carboxylic acids is 1. The molecule has 0 radical (unpaired) electrons. The summed E-state index contributed by atoms with van der Waals surface area (Å²) in [4.78, 5) is 26.0. The van der Waals surface area contributed by atoms with Crippen LogP contribution in [0.1, 0.15) is 44.4 Å². The standard InChI is InChI=1S/C27H35F3N6O2/c1-14(2)24-26(37)33-23-15(3)31-27(34-25(23)35(24)4)32-18-9-19(10-18)36(11-16-5-6-38-13-16)12-17-7-20(28)22(30)21(29)8-17/h7-8,14,16,18-19,24H,5-6,9-13H2,1-4H3,(H,33,37)(H,31,32,34)/t16?,18-,19-,24?. The highest BCUT2D eigenvalue weighted by molar-refractivity contribution is 6.03. The van der Waals surface area contributed by atoms with Crippen molar-refractivity contribution >= 4 is 23.4 Å². The van der Waals surface area contributed by atoms with E-state index in [1.807, 2.05) is 32.7 Å². The van der Waals surface area contributed by atoms with Crippen molar-refractivity contribution in [2.45, 2.75) is 64.7 Å². The molecule has 0 bridgehead atoms. The van der Waals surface area contributed by atoms with Crippen molar-refractivity contribution in [1.29, 1.82) is 0 Å². The van der Waals surface area contributed by atoms with Crippen LogP contribution in [0.2, 0.25) is 0 Å². The number of aryl methyl sites for hydroxylation is 1. The van der Waals surface area contributed by atoms with Crippen molar-refractivity contribution in [2.24, 2.45) is 11.8 Å². The summed E-state index contributed by atoms with van der Waals surface area (Å²) in [6.45, 7) is 8.32. The van der Waals surface area contributed by atoms with Crippen molar-refractivity contribution < 1.29 is 22.7 Å². The molecule has 1 amide bonds. The number of nitrogens with zero attached hydrogens (tertiary/aromatic N) is 4. The second-order valence-corrected chi connectivity index (χ2v) is 11.1. The van der Waals surface area contributed by atoms with Crippen molar-refractivity contribution in [3.05, 3.63) is 40.8 Å². The van der Waals surface area contributed by atoms with Gasteiger partial charge in [0.1, 0.15) is 11.7 Å². The molecule has 1 saturated heterocycles. The molecular formula is C27H35F3N6O2. The molecule has 5 rings (SSSR count). The number of hydrogen-bond donors (Lipinski definition) is 2. The third kappa shape index (κ3) is 5.31. The number of aromatic nitrogens is 2. The maximum Gasteiger partial charge on any atom is 0.247 e.